The van der Waals surface area contributed by atoms with E-state index in [9.17, 15) is 9.90 Å². The summed E-state index contributed by atoms with van der Waals surface area (Å²) < 4.78 is 6.67. The Morgan fingerprint density at radius 3 is 2.83 bits per heavy atom. The Balaban J connectivity index is 1.67. The van der Waals surface area contributed by atoms with Gasteiger partial charge in [0.1, 0.15) is 5.82 Å². The van der Waals surface area contributed by atoms with E-state index in [1.54, 1.807) is 6.92 Å². The standard InChI is InChI=1S/C20H23ClN4O3S/c1-3-28-19(27)13-7-9-24(10-8-13)16(14-5-4-6-15(21)11-14)17-18(26)25-20(29-17)22-12(2)23-25/h4-6,11,13,16,26H,3,7-10H2,1-2H3. The van der Waals surface area contributed by atoms with E-state index < -0.39 is 0 Å². The van der Waals surface area contributed by atoms with Gasteiger partial charge in [-0.1, -0.05) is 35.1 Å². The molecule has 3 aromatic rings. The molecule has 1 aliphatic rings. The highest BCUT2D eigenvalue weighted by Crippen LogP contribution is 2.41. The summed E-state index contributed by atoms with van der Waals surface area (Å²) in [7, 11) is 0. The van der Waals surface area contributed by atoms with Crippen molar-refractivity contribution in [3.8, 4) is 5.88 Å². The highest BCUT2D eigenvalue weighted by molar-refractivity contribution is 7.17. The van der Waals surface area contributed by atoms with Crippen LogP contribution in [0.3, 0.4) is 0 Å². The number of thiazole rings is 1. The van der Waals surface area contributed by atoms with Gasteiger partial charge in [0.2, 0.25) is 10.8 Å². The first-order valence-corrected chi connectivity index (χ1v) is 10.9. The van der Waals surface area contributed by atoms with Crippen molar-refractivity contribution in [1.82, 2.24) is 19.5 Å². The van der Waals surface area contributed by atoms with Gasteiger partial charge in [-0.2, -0.15) is 4.52 Å². The van der Waals surface area contributed by atoms with Gasteiger partial charge < -0.3 is 9.84 Å². The SMILES string of the molecule is CCOC(=O)C1CCN(C(c2cccc(Cl)c2)c2sc3nc(C)nn3c2O)CC1. The first-order valence-electron chi connectivity index (χ1n) is 9.69. The molecule has 0 aliphatic carbocycles. The average molecular weight is 435 g/mol. The number of carbonyl (C=O) groups is 1. The van der Waals surface area contributed by atoms with E-state index in [-0.39, 0.29) is 23.8 Å². The van der Waals surface area contributed by atoms with E-state index >= 15 is 0 Å². The van der Waals surface area contributed by atoms with Crippen molar-refractivity contribution in [2.75, 3.05) is 19.7 Å². The molecule has 154 valence electrons. The van der Waals surface area contributed by atoms with Gasteiger partial charge in [-0.15, -0.1) is 5.10 Å². The lowest BCUT2D eigenvalue weighted by Crippen LogP contribution is -2.39. The highest BCUT2D eigenvalue weighted by atomic mass is 35.5. The topological polar surface area (TPSA) is 80.0 Å². The van der Waals surface area contributed by atoms with Crippen LogP contribution in [-0.4, -0.2) is 50.3 Å². The van der Waals surface area contributed by atoms with Crippen LogP contribution in [0.2, 0.25) is 5.02 Å². The van der Waals surface area contributed by atoms with Crippen LogP contribution in [0.25, 0.3) is 4.96 Å². The second-order valence-corrected chi connectivity index (χ2v) is 8.61. The second-order valence-electron chi connectivity index (χ2n) is 7.16. The van der Waals surface area contributed by atoms with Crippen molar-refractivity contribution in [2.45, 2.75) is 32.7 Å². The van der Waals surface area contributed by atoms with Crippen LogP contribution in [0.15, 0.2) is 24.3 Å². The molecule has 29 heavy (non-hydrogen) atoms. The maximum atomic E-state index is 12.1. The minimum atomic E-state index is -0.189. The van der Waals surface area contributed by atoms with Crippen LogP contribution in [-0.2, 0) is 9.53 Å². The van der Waals surface area contributed by atoms with Crippen molar-refractivity contribution >= 4 is 33.9 Å². The minimum absolute atomic E-state index is 0.0789. The first kappa shape index (κ1) is 20.1. The summed E-state index contributed by atoms with van der Waals surface area (Å²) in [4.78, 5) is 20.2. The molecule has 0 bridgehead atoms. The quantitative estimate of drug-likeness (QED) is 0.615. The Morgan fingerprint density at radius 1 is 1.41 bits per heavy atom. The summed E-state index contributed by atoms with van der Waals surface area (Å²) in [6.45, 7) is 5.46. The number of hydrogen-bond donors (Lipinski definition) is 1. The number of nitrogens with zero attached hydrogens (tertiary/aromatic N) is 4. The Bertz CT molecular complexity index is 1030. The molecule has 1 unspecified atom stereocenters. The fraction of sp³-hybridized carbons (Fsp3) is 0.450. The number of aryl methyl sites for hydroxylation is 1. The van der Waals surface area contributed by atoms with Gasteiger partial charge in [-0.05, 0) is 57.5 Å². The summed E-state index contributed by atoms with van der Waals surface area (Å²) >= 11 is 7.69. The van der Waals surface area contributed by atoms with E-state index in [0.717, 1.165) is 23.3 Å². The molecule has 1 N–H and O–H groups in total. The molecule has 4 rings (SSSR count). The zero-order valence-electron chi connectivity index (χ0n) is 16.3. The fourth-order valence-electron chi connectivity index (χ4n) is 3.88. The number of carbonyl (C=O) groups excluding carboxylic acids is 1. The number of aromatic hydroxyl groups is 1. The zero-order chi connectivity index (χ0) is 20.5. The highest BCUT2D eigenvalue weighted by Gasteiger charge is 2.34. The number of ether oxygens (including phenoxy) is 1. The van der Waals surface area contributed by atoms with Crippen LogP contribution in [0.5, 0.6) is 5.88 Å². The van der Waals surface area contributed by atoms with Gasteiger partial charge >= 0.3 is 5.97 Å². The molecule has 1 saturated heterocycles. The maximum absolute atomic E-state index is 12.1. The number of rotatable bonds is 5. The monoisotopic (exact) mass is 434 g/mol. The van der Waals surface area contributed by atoms with Gasteiger partial charge in [0.15, 0.2) is 0 Å². The van der Waals surface area contributed by atoms with Crippen LogP contribution in [0.4, 0.5) is 0 Å². The largest absolute Gasteiger partial charge is 0.492 e. The molecule has 7 nitrogen and oxygen atoms in total. The van der Waals surface area contributed by atoms with E-state index in [2.05, 4.69) is 15.0 Å². The van der Waals surface area contributed by atoms with Crippen LogP contribution in [0.1, 0.15) is 42.1 Å². The van der Waals surface area contributed by atoms with E-state index in [1.807, 2.05) is 31.2 Å². The van der Waals surface area contributed by atoms with Crippen LogP contribution < -0.4 is 0 Å². The number of likely N-dealkylation sites (tertiary alicyclic amines) is 1. The van der Waals surface area contributed by atoms with E-state index in [4.69, 9.17) is 16.3 Å². The van der Waals surface area contributed by atoms with Gasteiger partial charge in [0.25, 0.3) is 0 Å². The second kappa shape index (κ2) is 8.30. The van der Waals surface area contributed by atoms with Crippen molar-refractivity contribution < 1.29 is 14.6 Å². The Hall–Kier alpha value is -2.16. The number of benzene rings is 1. The molecular weight excluding hydrogens is 412 g/mol. The molecule has 1 aromatic carbocycles. The molecule has 1 atom stereocenters. The number of aromatic nitrogens is 3. The van der Waals surface area contributed by atoms with Crippen molar-refractivity contribution in [3.63, 3.8) is 0 Å². The number of fused-ring (bicyclic) bond motifs is 1. The minimum Gasteiger partial charge on any atom is -0.492 e. The molecule has 0 spiro atoms. The lowest BCUT2D eigenvalue weighted by molar-refractivity contribution is -0.149. The van der Waals surface area contributed by atoms with Gasteiger partial charge in [0, 0.05) is 5.02 Å². The molecule has 0 amide bonds. The molecule has 0 radical (unpaired) electrons. The fourth-order valence-corrected chi connectivity index (χ4v) is 5.25. The smallest absolute Gasteiger partial charge is 0.309 e. The summed E-state index contributed by atoms with van der Waals surface area (Å²) in [5, 5.41) is 15.8. The number of esters is 1. The van der Waals surface area contributed by atoms with E-state index in [1.165, 1.54) is 15.9 Å². The zero-order valence-corrected chi connectivity index (χ0v) is 17.9. The maximum Gasteiger partial charge on any atom is 0.309 e. The molecule has 3 heterocycles. The first-order chi connectivity index (χ1) is 14.0. The Kier molecular flexibility index (Phi) is 5.76. The van der Waals surface area contributed by atoms with Crippen molar-refractivity contribution in [2.24, 2.45) is 5.92 Å². The molecule has 9 heteroatoms. The normalized spacial score (nSPS) is 16.9. The number of halogens is 1. The van der Waals surface area contributed by atoms with Gasteiger partial charge in [-0.3, -0.25) is 9.69 Å². The molecule has 0 saturated carbocycles. The Morgan fingerprint density at radius 2 is 2.17 bits per heavy atom. The third-order valence-corrected chi connectivity index (χ3v) is 6.54. The summed E-state index contributed by atoms with van der Waals surface area (Å²) in [5.41, 5.74) is 0.989. The molecule has 2 aromatic heterocycles. The van der Waals surface area contributed by atoms with Gasteiger partial charge in [0.05, 0.1) is 23.4 Å². The number of piperidine rings is 1. The lowest BCUT2D eigenvalue weighted by atomic mass is 9.93. The molecule has 1 aliphatic heterocycles. The van der Waals surface area contributed by atoms with Crippen molar-refractivity contribution in [1.29, 1.82) is 0 Å². The number of hydrogen-bond acceptors (Lipinski definition) is 7. The predicted molar refractivity (Wildman–Crippen MR) is 111 cm³/mol. The van der Waals surface area contributed by atoms with E-state index in [0.29, 0.717) is 35.5 Å². The molecule has 1 fully saturated rings. The summed E-state index contributed by atoms with van der Waals surface area (Å²) in [5.74, 6) is 0.518. The molecular formula is C20H23ClN4O3S. The average Bonchev–Trinajstić information content (AvgIpc) is 3.20. The summed E-state index contributed by atoms with van der Waals surface area (Å²) in [6.07, 6.45) is 1.44. The van der Waals surface area contributed by atoms with Crippen molar-refractivity contribution in [3.05, 3.63) is 45.6 Å². The van der Waals surface area contributed by atoms with Gasteiger partial charge in [-0.25, -0.2) is 4.98 Å². The Labute approximate surface area is 177 Å². The van der Waals surface area contributed by atoms with Crippen LogP contribution in [0, 0.1) is 12.8 Å². The summed E-state index contributed by atoms with van der Waals surface area (Å²) in [6, 6.07) is 7.49. The third-order valence-electron chi connectivity index (χ3n) is 5.23. The lowest BCUT2D eigenvalue weighted by Gasteiger charge is -2.36. The third kappa shape index (κ3) is 3.97. The van der Waals surface area contributed by atoms with Crippen LogP contribution >= 0.6 is 22.9 Å². The predicted octanol–water partition coefficient (Wildman–Crippen LogP) is 3.82.